The average Bonchev–Trinajstić information content (AvgIpc) is 2.59. The summed E-state index contributed by atoms with van der Waals surface area (Å²) >= 11 is 5.87. The zero-order valence-corrected chi connectivity index (χ0v) is 16.6. The van der Waals surface area contributed by atoms with E-state index in [1.54, 1.807) is 18.3 Å². The first kappa shape index (κ1) is 22.0. The molecule has 1 amide bonds. The van der Waals surface area contributed by atoms with E-state index in [9.17, 15) is 4.79 Å². The number of amides is 1. The van der Waals surface area contributed by atoms with Gasteiger partial charge in [0.1, 0.15) is 5.82 Å². The van der Waals surface area contributed by atoms with E-state index < -0.39 is 0 Å². The molecule has 0 aliphatic rings. The minimum absolute atomic E-state index is 0.0258. The smallest absolute Gasteiger partial charge is 0.225 e. The van der Waals surface area contributed by atoms with Crippen molar-refractivity contribution in [1.29, 1.82) is 0 Å². The van der Waals surface area contributed by atoms with Gasteiger partial charge in [0.05, 0.1) is 0 Å². The van der Waals surface area contributed by atoms with Gasteiger partial charge in [-0.3, -0.25) is 4.79 Å². The lowest BCUT2D eigenvalue weighted by molar-refractivity contribution is -0.116. The van der Waals surface area contributed by atoms with Crippen LogP contribution in [0.4, 0.5) is 5.82 Å². The zero-order valence-electron chi connectivity index (χ0n) is 15.9. The van der Waals surface area contributed by atoms with Gasteiger partial charge in [0.25, 0.3) is 0 Å². The molecule has 0 unspecified atom stereocenters. The van der Waals surface area contributed by atoms with Gasteiger partial charge in [0.15, 0.2) is 0 Å². The molecule has 25 heavy (non-hydrogen) atoms. The number of hydrogen-bond acceptors (Lipinski definition) is 2. The second-order valence-corrected chi connectivity index (χ2v) is 7.34. The van der Waals surface area contributed by atoms with Crippen molar-refractivity contribution in [1.82, 2.24) is 4.98 Å². The standard InChI is InChI=1S/C21H35ClN2O/c1-2-3-4-5-6-7-8-9-10-11-12-13-14-15-21(25)24-20-18-19(22)16-17-23-20/h16-18H,2-15H2,1H3,(H,23,24,25). The molecule has 1 N–H and O–H groups in total. The van der Waals surface area contributed by atoms with E-state index in [2.05, 4.69) is 17.2 Å². The first-order valence-corrected chi connectivity index (χ1v) is 10.5. The van der Waals surface area contributed by atoms with Crippen LogP contribution >= 0.6 is 11.6 Å². The van der Waals surface area contributed by atoms with Gasteiger partial charge in [-0.05, 0) is 18.6 Å². The molecule has 0 aliphatic heterocycles. The van der Waals surface area contributed by atoms with Crippen molar-refractivity contribution < 1.29 is 4.79 Å². The highest BCUT2D eigenvalue weighted by atomic mass is 35.5. The predicted molar refractivity (Wildman–Crippen MR) is 108 cm³/mol. The molecule has 3 nitrogen and oxygen atoms in total. The molecule has 1 aromatic heterocycles. The third-order valence-electron chi connectivity index (χ3n) is 4.50. The summed E-state index contributed by atoms with van der Waals surface area (Å²) in [5.41, 5.74) is 0. The van der Waals surface area contributed by atoms with Crippen molar-refractivity contribution in [2.24, 2.45) is 0 Å². The number of pyridine rings is 1. The molecule has 0 radical (unpaired) electrons. The summed E-state index contributed by atoms with van der Waals surface area (Å²) in [6.07, 6.45) is 19.3. The highest BCUT2D eigenvalue weighted by molar-refractivity contribution is 6.30. The fourth-order valence-corrected chi connectivity index (χ4v) is 3.14. The zero-order chi connectivity index (χ0) is 18.2. The van der Waals surface area contributed by atoms with Gasteiger partial charge in [-0.15, -0.1) is 0 Å². The molecular formula is C21H35ClN2O. The molecule has 0 atom stereocenters. The van der Waals surface area contributed by atoms with Gasteiger partial charge in [-0.2, -0.15) is 0 Å². The Morgan fingerprint density at radius 2 is 1.44 bits per heavy atom. The molecule has 0 bridgehead atoms. The summed E-state index contributed by atoms with van der Waals surface area (Å²) in [7, 11) is 0. The van der Waals surface area contributed by atoms with Crippen LogP contribution < -0.4 is 5.32 Å². The second-order valence-electron chi connectivity index (χ2n) is 6.90. The predicted octanol–water partition coefficient (Wildman–Crippen LogP) is 7.15. The Morgan fingerprint density at radius 3 is 1.96 bits per heavy atom. The van der Waals surface area contributed by atoms with Crippen LogP contribution in [0, 0.1) is 0 Å². The normalized spacial score (nSPS) is 10.8. The number of carbonyl (C=O) groups excluding carboxylic acids is 1. The Balaban J connectivity index is 1.86. The largest absolute Gasteiger partial charge is 0.311 e. The average molecular weight is 367 g/mol. The Morgan fingerprint density at radius 1 is 0.920 bits per heavy atom. The summed E-state index contributed by atoms with van der Waals surface area (Å²) < 4.78 is 0. The van der Waals surface area contributed by atoms with Gasteiger partial charge < -0.3 is 5.32 Å². The number of nitrogens with zero attached hydrogens (tertiary/aromatic N) is 1. The van der Waals surface area contributed by atoms with E-state index in [0.29, 0.717) is 17.3 Å². The maximum absolute atomic E-state index is 11.8. The van der Waals surface area contributed by atoms with Crippen molar-refractivity contribution in [2.45, 2.75) is 96.8 Å². The van der Waals surface area contributed by atoms with E-state index in [1.165, 1.54) is 70.6 Å². The molecule has 0 saturated heterocycles. The second kappa shape index (κ2) is 15.2. The Kier molecular flexibility index (Phi) is 13.3. The van der Waals surface area contributed by atoms with Crippen molar-refractivity contribution in [3.05, 3.63) is 23.4 Å². The third-order valence-corrected chi connectivity index (χ3v) is 4.73. The molecule has 0 saturated carbocycles. The maximum atomic E-state index is 11.8. The van der Waals surface area contributed by atoms with Gasteiger partial charge in [0, 0.05) is 17.6 Å². The van der Waals surface area contributed by atoms with Crippen molar-refractivity contribution >= 4 is 23.3 Å². The monoisotopic (exact) mass is 366 g/mol. The number of hydrogen-bond donors (Lipinski definition) is 1. The summed E-state index contributed by atoms with van der Waals surface area (Å²) in [5, 5.41) is 3.38. The van der Waals surface area contributed by atoms with Gasteiger partial charge in [0.2, 0.25) is 5.91 Å². The summed E-state index contributed by atoms with van der Waals surface area (Å²) in [4.78, 5) is 15.9. The molecular weight excluding hydrogens is 332 g/mol. The summed E-state index contributed by atoms with van der Waals surface area (Å²) in [6.45, 7) is 2.27. The van der Waals surface area contributed by atoms with Crippen molar-refractivity contribution in [2.75, 3.05) is 5.32 Å². The number of nitrogens with one attached hydrogen (secondary N) is 1. The van der Waals surface area contributed by atoms with Gasteiger partial charge in [-0.25, -0.2) is 4.98 Å². The maximum Gasteiger partial charge on any atom is 0.225 e. The highest BCUT2D eigenvalue weighted by Gasteiger charge is 2.03. The first-order chi connectivity index (χ1) is 12.2. The van der Waals surface area contributed by atoms with E-state index in [1.807, 2.05) is 0 Å². The molecule has 0 spiro atoms. The number of aromatic nitrogens is 1. The molecule has 1 aromatic rings. The van der Waals surface area contributed by atoms with Crippen LogP contribution in [0.1, 0.15) is 96.8 Å². The molecule has 4 heteroatoms. The molecule has 0 fully saturated rings. The van der Waals surface area contributed by atoms with E-state index in [0.717, 1.165) is 12.8 Å². The topological polar surface area (TPSA) is 42.0 Å². The lowest BCUT2D eigenvalue weighted by Gasteiger charge is -2.05. The Bertz CT molecular complexity index is 465. The van der Waals surface area contributed by atoms with Crippen molar-refractivity contribution in [3.63, 3.8) is 0 Å². The van der Waals surface area contributed by atoms with E-state index in [-0.39, 0.29) is 5.91 Å². The Hall–Kier alpha value is -1.09. The first-order valence-electron chi connectivity index (χ1n) is 10.1. The number of halogens is 1. The minimum Gasteiger partial charge on any atom is -0.311 e. The SMILES string of the molecule is CCCCCCCCCCCCCCCC(=O)Nc1cc(Cl)ccn1. The fourth-order valence-electron chi connectivity index (χ4n) is 2.98. The lowest BCUT2D eigenvalue weighted by atomic mass is 10.0. The molecule has 1 heterocycles. The molecule has 0 aliphatic carbocycles. The van der Waals surface area contributed by atoms with Crippen LogP contribution in [-0.4, -0.2) is 10.9 Å². The minimum atomic E-state index is 0.0258. The van der Waals surface area contributed by atoms with Crippen LogP contribution in [0.2, 0.25) is 5.02 Å². The van der Waals surface area contributed by atoms with E-state index >= 15 is 0 Å². The number of anilines is 1. The van der Waals surface area contributed by atoms with E-state index in [4.69, 9.17) is 11.6 Å². The number of unbranched alkanes of at least 4 members (excludes halogenated alkanes) is 12. The van der Waals surface area contributed by atoms with Crippen LogP contribution in [0.3, 0.4) is 0 Å². The number of carbonyl (C=O) groups is 1. The molecule has 142 valence electrons. The third kappa shape index (κ3) is 12.9. The fraction of sp³-hybridized carbons (Fsp3) is 0.714. The van der Waals surface area contributed by atoms with Crippen molar-refractivity contribution in [3.8, 4) is 0 Å². The van der Waals surface area contributed by atoms with Crippen LogP contribution in [0.25, 0.3) is 0 Å². The molecule has 1 rings (SSSR count). The van der Waals surface area contributed by atoms with Gasteiger partial charge in [-0.1, -0.05) is 95.6 Å². The van der Waals surface area contributed by atoms with Crippen LogP contribution in [-0.2, 0) is 4.79 Å². The highest BCUT2D eigenvalue weighted by Crippen LogP contribution is 2.14. The lowest BCUT2D eigenvalue weighted by Crippen LogP contribution is -2.12. The quantitative estimate of drug-likeness (QED) is 0.334. The Labute approximate surface area is 159 Å². The number of rotatable bonds is 15. The molecule has 0 aromatic carbocycles. The van der Waals surface area contributed by atoms with Gasteiger partial charge >= 0.3 is 0 Å². The van der Waals surface area contributed by atoms with Crippen LogP contribution in [0.15, 0.2) is 18.3 Å². The summed E-state index contributed by atoms with van der Waals surface area (Å²) in [5.74, 6) is 0.560. The van der Waals surface area contributed by atoms with Crippen LogP contribution in [0.5, 0.6) is 0 Å². The summed E-state index contributed by atoms with van der Waals surface area (Å²) in [6, 6.07) is 3.37.